The Kier molecular flexibility index (Phi) is 11.2. The van der Waals surface area contributed by atoms with E-state index >= 15 is 0 Å². The van der Waals surface area contributed by atoms with Crippen LogP contribution in [0.1, 0.15) is 92.6 Å². The second-order valence-electron chi connectivity index (χ2n) is 10.7. The predicted octanol–water partition coefficient (Wildman–Crippen LogP) is 6.60. The number of nitrogens with zero attached hydrogens (tertiary/aromatic N) is 2. The summed E-state index contributed by atoms with van der Waals surface area (Å²) in [6.07, 6.45) is 13.6. The Balaban J connectivity index is 1.23. The van der Waals surface area contributed by atoms with Gasteiger partial charge < -0.3 is 14.8 Å². The largest absolute Gasteiger partial charge is 0.493 e. The summed E-state index contributed by atoms with van der Waals surface area (Å²) >= 11 is 0. The summed E-state index contributed by atoms with van der Waals surface area (Å²) in [6, 6.07) is 13.2. The fourth-order valence-electron chi connectivity index (χ4n) is 5.09. The van der Waals surface area contributed by atoms with Gasteiger partial charge in [-0.3, -0.25) is 14.6 Å². The molecule has 1 saturated heterocycles. The molecular formula is C32H43N3O4. The third-order valence-electron chi connectivity index (χ3n) is 7.39. The molecule has 1 fully saturated rings. The third-order valence-corrected chi connectivity index (χ3v) is 7.39. The fourth-order valence-corrected chi connectivity index (χ4v) is 5.09. The van der Waals surface area contributed by atoms with E-state index in [0.717, 1.165) is 49.2 Å². The van der Waals surface area contributed by atoms with Crippen LogP contribution in [-0.4, -0.2) is 49.4 Å². The van der Waals surface area contributed by atoms with Crippen molar-refractivity contribution in [2.24, 2.45) is 11.0 Å². The Morgan fingerprint density at radius 3 is 2.59 bits per heavy atom. The molecule has 1 atom stereocenters. The molecule has 7 nitrogen and oxygen atoms in total. The lowest BCUT2D eigenvalue weighted by atomic mass is 9.93. The van der Waals surface area contributed by atoms with E-state index in [0.29, 0.717) is 30.9 Å². The number of hydrogen-bond acceptors (Lipinski definition) is 6. The van der Waals surface area contributed by atoms with Gasteiger partial charge in [0.15, 0.2) is 0 Å². The highest BCUT2D eigenvalue weighted by Crippen LogP contribution is 2.31. The summed E-state index contributed by atoms with van der Waals surface area (Å²) in [5.74, 6) is 0.553. The van der Waals surface area contributed by atoms with Crippen molar-refractivity contribution < 1.29 is 19.1 Å². The van der Waals surface area contributed by atoms with E-state index in [1.807, 2.05) is 48.7 Å². The van der Waals surface area contributed by atoms with Gasteiger partial charge in [0.2, 0.25) is 0 Å². The average Bonchev–Trinajstić information content (AvgIpc) is 2.96. The number of piperidine rings is 1. The number of hydrogen-bond donors (Lipinski definition) is 1. The van der Waals surface area contributed by atoms with E-state index in [1.54, 1.807) is 0 Å². The molecule has 7 heteroatoms. The zero-order valence-corrected chi connectivity index (χ0v) is 23.3. The van der Waals surface area contributed by atoms with Gasteiger partial charge in [0.05, 0.1) is 25.8 Å². The van der Waals surface area contributed by atoms with Crippen molar-refractivity contribution in [2.45, 2.75) is 77.6 Å². The summed E-state index contributed by atoms with van der Waals surface area (Å²) in [5.41, 5.74) is 3.27. The minimum absolute atomic E-state index is 0.0691. The number of carbonyl (C=O) groups excluding carboxylic acids is 2. The van der Waals surface area contributed by atoms with Crippen molar-refractivity contribution in [3.05, 3.63) is 59.2 Å². The van der Waals surface area contributed by atoms with E-state index in [-0.39, 0.29) is 17.8 Å². The first-order valence-electron chi connectivity index (χ1n) is 14.7. The molecule has 210 valence electrons. The van der Waals surface area contributed by atoms with Crippen LogP contribution >= 0.6 is 0 Å². The zero-order chi connectivity index (χ0) is 27.3. The Morgan fingerprint density at radius 1 is 1.03 bits per heavy atom. The van der Waals surface area contributed by atoms with Gasteiger partial charge in [-0.2, -0.15) is 5.10 Å². The van der Waals surface area contributed by atoms with E-state index in [2.05, 4.69) is 22.4 Å². The monoisotopic (exact) mass is 533 g/mol. The lowest BCUT2D eigenvalue weighted by Gasteiger charge is -2.25. The molecule has 0 aliphatic carbocycles. The maximum Gasteiger partial charge on any atom is 0.306 e. The molecular weight excluding hydrogens is 490 g/mol. The summed E-state index contributed by atoms with van der Waals surface area (Å²) < 4.78 is 11.4. The molecule has 1 amide bonds. The first kappa shape index (κ1) is 28.7. The van der Waals surface area contributed by atoms with Crippen LogP contribution in [0.5, 0.6) is 5.75 Å². The minimum atomic E-state index is -0.166. The first-order chi connectivity index (χ1) is 19.1. The number of nitrogens with one attached hydrogen (secondary N) is 1. The van der Waals surface area contributed by atoms with Gasteiger partial charge >= 0.3 is 5.97 Å². The van der Waals surface area contributed by atoms with E-state index in [9.17, 15) is 9.59 Å². The topological polar surface area (TPSA) is 80.2 Å². The maximum absolute atomic E-state index is 12.9. The quantitative estimate of drug-likeness (QED) is 0.178. The van der Waals surface area contributed by atoms with Crippen molar-refractivity contribution in [3.8, 4) is 5.75 Å². The summed E-state index contributed by atoms with van der Waals surface area (Å²) in [7, 11) is 0. The zero-order valence-electron chi connectivity index (χ0n) is 23.3. The molecule has 0 saturated carbocycles. The van der Waals surface area contributed by atoms with Crippen LogP contribution in [0, 0.1) is 5.92 Å². The van der Waals surface area contributed by atoms with Gasteiger partial charge in [0.25, 0.3) is 5.91 Å². The smallest absolute Gasteiger partial charge is 0.306 e. The number of amides is 1. The molecule has 39 heavy (non-hydrogen) atoms. The second-order valence-corrected chi connectivity index (χ2v) is 10.7. The highest BCUT2D eigenvalue weighted by atomic mass is 16.5. The van der Waals surface area contributed by atoms with Crippen LogP contribution in [0.2, 0.25) is 0 Å². The summed E-state index contributed by atoms with van der Waals surface area (Å²) in [4.78, 5) is 25.2. The number of fused-ring (bicyclic) bond motifs is 1. The molecule has 2 aliphatic rings. The highest BCUT2D eigenvalue weighted by molar-refractivity contribution is 6.04. The van der Waals surface area contributed by atoms with Crippen molar-refractivity contribution >= 4 is 23.8 Å². The van der Waals surface area contributed by atoms with Crippen LogP contribution in [0.25, 0.3) is 0 Å². The normalized spacial score (nSPS) is 16.9. The maximum atomic E-state index is 12.9. The average molecular weight is 534 g/mol. The third kappa shape index (κ3) is 9.41. The lowest BCUT2D eigenvalue weighted by molar-refractivity contribution is -0.145. The van der Waals surface area contributed by atoms with E-state index < -0.39 is 0 Å². The van der Waals surface area contributed by atoms with Crippen molar-refractivity contribution in [1.29, 1.82) is 0 Å². The molecule has 2 aromatic carbocycles. The van der Waals surface area contributed by atoms with Gasteiger partial charge in [-0.15, -0.1) is 0 Å². The van der Waals surface area contributed by atoms with Crippen LogP contribution in [0.3, 0.4) is 0 Å². The fraction of sp³-hybridized carbons (Fsp3) is 0.531. The molecule has 0 radical (unpaired) electrons. The molecule has 2 aromatic rings. The van der Waals surface area contributed by atoms with Crippen molar-refractivity contribution in [3.63, 3.8) is 0 Å². The number of esters is 1. The molecule has 2 heterocycles. The van der Waals surface area contributed by atoms with Crippen LogP contribution < -0.4 is 10.1 Å². The summed E-state index contributed by atoms with van der Waals surface area (Å²) in [6.45, 7) is 5.22. The van der Waals surface area contributed by atoms with Gasteiger partial charge in [0.1, 0.15) is 5.75 Å². The number of ether oxygens (including phenoxy) is 2. The molecule has 4 rings (SSSR count). The molecule has 1 N–H and O–H groups in total. The number of carbonyl (C=O) groups is 2. The second kappa shape index (κ2) is 15.3. The van der Waals surface area contributed by atoms with E-state index in [1.165, 1.54) is 44.9 Å². The van der Waals surface area contributed by atoms with Crippen molar-refractivity contribution in [1.82, 2.24) is 5.01 Å². The molecule has 0 bridgehead atoms. The van der Waals surface area contributed by atoms with Crippen molar-refractivity contribution in [2.75, 3.05) is 31.6 Å². The van der Waals surface area contributed by atoms with Gasteiger partial charge in [-0.1, -0.05) is 51.2 Å². The highest BCUT2D eigenvalue weighted by Gasteiger charge is 2.23. The van der Waals surface area contributed by atoms with Crippen LogP contribution in [0.4, 0.5) is 5.69 Å². The molecule has 1 unspecified atom stereocenters. The standard InChI is InChI=1S/C32H43N3O4/c1-2-3-4-5-6-10-19-38-31(36)21-26-20-28-22-29(15-16-30(28)39-24-26)34-32(37)27-13-11-25(12-14-27)23-33-35-17-8-7-9-18-35/h11-16,22-23,26H,2-10,17-21,24H2,1H3,(H,34,37). The Morgan fingerprint density at radius 2 is 1.79 bits per heavy atom. The predicted molar refractivity (Wildman–Crippen MR) is 155 cm³/mol. The SMILES string of the molecule is CCCCCCCCOC(=O)CC1COc2ccc(NC(=O)c3ccc(C=NN4CCCCC4)cc3)cc2C1. The minimum Gasteiger partial charge on any atom is -0.493 e. The Hall–Kier alpha value is -3.35. The molecule has 0 aromatic heterocycles. The number of unbranched alkanes of at least 4 members (excludes halogenated alkanes) is 5. The van der Waals surface area contributed by atoms with E-state index in [4.69, 9.17) is 9.47 Å². The number of benzene rings is 2. The number of anilines is 1. The Bertz CT molecular complexity index is 1090. The molecule has 2 aliphatic heterocycles. The summed E-state index contributed by atoms with van der Waals surface area (Å²) in [5, 5.41) is 9.65. The molecule has 0 spiro atoms. The first-order valence-corrected chi connectivity index (χ1v) is 14.7. The lowest BCUT2D eigenvalue weighted by Crippen LogP contribution is -2.24. The van der Waals surface area contributed by atoms with Gasteiger partial charge in [-0.25, -0.2) is 0 Å². The number of rotatable bonds is 13. The Labute approximate surface area is 233 Å². The van der Waals surface area contributed by atoms with Crippen LogP contribution in [-0.2, 0) is 16.0 Å². The number of hydrazone groups is 1. The van der Waals surface area contributed by atoms with Gasteiger partial charge in [0, 0.05) is 30.3 Å². The van der Waals surface area contributed by atoms with Crippen LogP contribution in [0.15, 0.2) is 47.6 Å². The van der Waals surface area contributed by atoms with Gasteiger partial charge in [-0.05, 0) is 73.6 Å².